The minimum Gasteiger partial charge on any atom is -0.371 e. The monoisotopic (exact) mass is 402 g/mol. The normalized spacial score (nSPS) is 15.3. The van der Waals surface area contributed by atoms with Gasteiger partial charge in [-0.25, -0.2) is 0 Å². The van der Waals surface area contributed by atoms with Crippen molar-refractivity contribution in [1.82, 2.24) is 15.3 Å². The van der Waals surface area contributed by atoms with Crippen molar-refractivity contribution in [3.05, 3.63) is 58.0 Å². The number of piperidine rings is 1. The maximum absolute atomic E-state index is 12.5. The van der Waals surface area contributed by atoms with Crippen LogP contribution in [0.3, 0.4) is 0 Å². The first-order chi connectivity index (χ1) is 13.0. The summed E-state index contributed by atoms with van der Waals surface area (Å²) < 4.78 is 0. The number of hydrogen-bond donors (Lipinski definition) is 2. The molecule has 0 spiro atoms. The third-order valence-electron chi connectivity index (χ3n) is 5.08. The number of amides is 1. The number of benzene rings is 1. The number of fused-ring (bicyclic) bond motifs is 1. The Bertz CT molecular complexity index is 988. The molecule has 0 saturated carbocycles. The molecule has 1 amide bonds. The molecule has 1 aromatic carbocycles. The van der Waals surface area contributed by atoms with E-state index in [4.69, 9.17) is 23.2 Å². The lowest BCUT2D eigenvalue weighted by Crippen LogP contribution is -2.45. The molecule has 5 nitrogen and oxygen atoms in total. The van der Waals surface area contributed by atoms with Crippen LogP contribution in [-0.2, 0) is 0 Å². The number of aromatic amines is 1. The Morgan fingerprint density at radius 2 is 1.93 bits per heavy atom. The highest BCUT2D eigenvalue weighted by Gasteiger charge is 2.25. The molecule has 0 unspecified atom stereocenters. The number of halogens is 2. The molecule has 1 saturated heterocycles. The number of para-hydroxylation sites is 1. The standard InChI is InChI=1S/C20H20Cl2N4O/c1-12-17(21)18(22)19(24-12)20(27)25-13-7-10-26(11-8-13)16-6-9-23-15-5-3-2-4-14(15)16/h2-6,9,13,24H,7-8,10-11H2,1H3,(H,25,27). The highest BCUT2D eigenvalue weighted by molar-refractivity contribution is 6.44. The van der Waals surface area contributed by atoms with Crippen molar-refractivity contribution >= 4 is 45.7 Å². The summed E-state index contributed by atoms with van der Waals surface area (Å²) in [5.41, 5.74) is 3.23. The first-order valence-electron chi connectivity index (χ1n) is 8.97. The zero-order valence-electron chi connectivity index (χ0n) is 14.9. The van der Waals surface area contributed by atoms with Crippen LogP contribution in [0.1, 0.15) is 29.0 Å². The Morgan fingerprint density at radius 1 is 1.19 bits per heavy atom. The summed E-state index contributed by atoms with van der Waals surface area (Å²) >= 11 is 12.2. The Labute approximate surface area is 167 Å². The SMILES string of the molecule is Cc1[nH]c(C(=O)NC2CCN(c3ccnc4ccccc34)CC2)c(Cl)c1Cl. The fraction of sp³-hybridized carbons (Fsp3) is 0.300. The predicted molar refractivity (Wildman–Crippen MR) is 110 cm³/mol. The number of rotatable bonds is 3. The quantitative estimate of drug-likeness (QED) is 0.673. The van der Waals surface area contributed by atoms with E-state index in [1.54, 1.807) is 6.92 Å². The Hall–Kier alpha value is -2.24. The zero-order valence-corrected chi connectivity index (χ0v) is 16.4. The van der Waals surface area contributed by atoms with E-state index in [2.05, 4.69) is 32.3 Å². The van der Waals surface area contributed by atoms with Crippen LogP contribution in [0, 0.1) is 6.92 Å². The van der Waals surface area contributed by atoms with E-state index in [1.807, 2.05) is 24.4 Å². The number of hydrogen-bond acceptors (Lipinski definition) is 3. The first-order valence-corrected chi connectivity index (χ1v) is 9.73. The fourth-order valence-corrected chi connectivity index (χ4v) is 4.02. The molecule has 1 aliphatic heterocycles. The van der Waals surface area contributed by atoms with Gasteiger partial charge in [-0.15, -0.1) is 0 Å². The average Bonchev–Trinajstić information content (AvgIpc) is 2.96. The molecule has 4 rings (SSSR count). The largest absolute Gasteiger partial charge is 0.371 e. The highest BCUT2D eigenvalue weighted by atomic mass is 35.5. The lowest BCUT2D eigenvalue weighted by atomic mass is 10.0. The Morgan fingerprint density at radius 3 is 2.63 bits per heavy atom. The molecule has 0 radical (unpaired) electrons. The topological polar surface area (TPSA) is 61.0 Å². The maximum atomic E-state index is 12.5. The van der Waals surface area contributed by atoms with Crippen LogP contribution in [0.5, 0.6) is 0 Å². The van der Waals surface area contributed by atoms with Crippen LogP contribution in [0.4, 0.5) is 5.69 Å². The van der Waals surface area contributed by atoms with Crippen molar-refractivity contribution in [3.8, 4) is 0 Å². The summed E-state index contributed by atoms with van der Waals surface area (Å²) in [6, 6.07) is 10.3. The second-order valence-electron chi connectivity index (χ2n) is 6.83. The second kappa shape index (κ2) is 7.41. The summed E-state index contributed by atoms with van der Waals surface area (Å²) in [6.45, 7) is 3.54. The number of carbonyl (C=O) groups excluding carboxylic acids is 1. The van der Waals surface area contributed by atoms with E-state index >= 15 is 0 Å². The highest BCUT2D eigenvalue weighted by Crippen LogP contribution is 2.30. The van der Waals surface area contributed by atoms with Gasteiger partial charge in [0, 0.05) is 42.1 Å². The van der Waals surface area contributed by atoms with Gasteiger partial charge in [0.25, 0.3) is 5.91 Å². The molecule has 2 aromatic heterocycles. The molecule has 1 aliphatic rings. The number of carbonyl (C=O) groups is 1. The van der Waals surface area contributed by atoms with Gasteiger partial charge in [0.05, 0.1) is 15.6 Å². The van der Waals surface area contributed by atoms with Crippen LogP contribution >= 0.6 is 23.2 Å². The van der Waals surface area contributed by atoms with Crippen LogP contribution < -0.4 is 10.2 Å². The molecule has 2 N–H and O–H groups in total. The average molecular weight is 403 g/mol. The third kappa shape index (κ3) is 3.49. The number of H-pyrrole nitrogens is 1. The van der Waals surface area contributed by atoms with Gasteiger partial charge in [-0.1, -0.05) is 41.4 Å². The molecule has 1 fully saturated rings. The van der Waals surface area contributed by atoms with Crippen molar-refractivity contribution in [3.63, 3.8) is 0 Å². The summed E-state index contributed by atoms with van der Waals surface area (Å²) in [5.74, 6) is -0.206. The zero-order chi connectivity index (χ0) is 19.0. The summed E-state index contributed by atoms with van der Waals surface area (Å²) in [4.78, 5) is 22.3. The van der Waals surface area contributed by atoms with Crippen LogP contribution in [-0.4, -0.2) is 35.0 Å². The third-order valence-corrected chi connectivity index (χ3v) is 6.03. The molecule has 0 atom stereocenters. The van der Waals surface area contributed by atoms with Crippen LogP contribution in [0.25, 0.3) is 10.9 Å². The molecular formula is C20H20Cl2N4O. The molecular weight excluding hydrogens is 383 g/mol. The first kappa shape index (κ1) is 18.1. The Balaban J connectivity index is 1.43. The van der Waals surface area contributed by atoms with Gasteiger partial charge in [-0.05, 0) is 31.9 Å². The smallest absolute Gasteiger partial charge is 0.269 e. The number of pyridine rings is 1. The molecule has 0 aliphatic carbocycles. The van der Waals surface area contributed by atoms with Crippen molar-refractivity contribution in [2.24, 2.45) is 0 Å². The van der Waals surface area contributed by atoms with E-state index in [1.165, 1.54) is 5.69 Å². The second-order valence-corrected chi connectivity index (χ2v) is 7.59. The van der Waals surface area contributed by atoms with Crippen LogP contribution in [0.15, 0.2) is 36.5 Å². The molecule has 0 bridgehead atoms. The fourth-order valence-electron chi connectivity index (χ4n) is 3.61. The number of nitrogens with zero attached hydrogens (tertiary/aromatic N) is 2. The molecule has 7 heteroatoms. The summed E-state index contributed by atoms with van der Waals surface area (Å²) in [5, 5.41) is 4.92. The summed E-state index contributed by atoms with van der Waals surface area (Å²) in [7, 11) is 0. The van der Waals surface area contributed by atoms with Gasteiger partial charge in [-0.2, -0.15) is 0 Å². The van der Waals surface area contributed by atoms with E-state index in [-0.39, 0.29) is 17.0 Å². The molecule has 3 heterocycles. The lowest BCUT2D eigenvalue weighted by Gasteiger charge is -2.34. The van der Waals surface area contributed by atoms with Gasteiger partial charge in [-0.3, -0.25) is 9.78 Å². The van der Waals surface area contributed by atoms with E-state index in [0.29, 0.717) is 16.4 Å². The molecule has 140 valence electrons. The number of aromatic nitrogens is 2. The molecule has 3 aromatic rings. The van der Waals surface area contributed by atoms with Gasteiger partial charge >= 0.3 is 0 Å². The predicted octanol–water partition coefficient (Wildman–Crippen LogP) is 4.58. The number of nitrogens with one attached hydrogen (secondary N) is 2. The van der Waals surface area contributed by atoms with E-state index in [9.17, 15) is 4.79 Å². The summed E-state index contributed by atoms with van der Waals surface area (Å²) in [6.07, 6.45) is 3.59. The number of anilines is 1. The van der Waals surface area contributed by atoms with E-state index in [0.717, 1.165) is 36.8 Å². The molecule has 27 heavy (non-hydrogen) atoms. The van der Waals surface area contributed by atoms with Crippen molar-refractivity contribution < 1.29 is 4.79 Å². The van der Waals surface area contributed by atoms with Gasteiger partial charge in [0.2, 0.25) is 0 Å². The maximum Gasteiger partial charge on any atom is 0.269 e. The van der Waals surface area contributed by atoms with E-state index < -0.39 is 0 Å². The number of aryl methyl sites for hydroxylation is 1. The Kier molecular flexibility index (Phi) is 4.98. The minimum atomic E-state index is -0.206. The van der Waals surface area contributed by atoms with Crippen molar-refractivity contribution in [1.29, 1.82) is 0 Å². The van der Waals surface area contributed by atoms with Gasteiger partial charge in [0.15, 0.2) is 0 Å². The van der Waals surface area contributed by atoms with Crippen molar-refractivity contribution in [2.75, 3.05) is 18.0 Å². The van der Waals surface area contributed by atoms with Crippen molar-refractivity contribution in [2.45, 2.75) is 25.8 Å². The van der Waals surface area contributed by atoms with Gasteiger partial charge in [0.1, 0.15) is 5.69 Å². The van der Waals surface area contributed by atoms with Crippen LogP contribution in [0.2, 0.25) is 10.0 Å². The lowest BCUT2D eigenvalue weighted by molar-refractivity contribution is 0.0926. The van der Waals surface area contributed by atoms with Gasteiger partial charge < -0.3 is 15.2 Å². The minimum absolute atomic E-state index is 0.111.